The first-order chi connectivity index (χ1) is 5.79. The standard InChI is InChI=1S/C10H12ClN/c11-10(8-6-9(8)12)7-4-2-1-3-5-7/h1-5,8-10H,6,12H2. The fourth-order valence-corrected chi connectivity index (χ4v) is 1.89. The van der Waals surface area contributed by atoms with Crippen molar-refractivity contribution in [2.75, 3.05) is 0 Å². The first-order valence-electron chi connectivity index (χ1n) is 4.23. The third-order valence-electron chi connectivity index (χ3n) is 2.39. The first kappa shape index (κ1) is 8.09. The van der Waals surface area contributed by atoms with E-state index < -0.39 is 0 Å². The Morgan fingerprint density at radius 2 is 1.92 bits per heavy atom. The van der Waals surface area contributed by atoms with Crippen molar-refractivity contribution < 1.29 is 0 Å². The molecule has 12 heavy (non-hydrogen) atoms. The van der Waals surface area contributed by atoms with Gasteiger partial charge >= 0.3 is 0 Å². The smallest absolute Gasteiger partial charge is 0.0628 e. The van der Waals surface area contributed by atoms with Crippen LogP contribution in [0.5, 0.6) is 0 Å². The van der Waals surface area contributed by atoms with Gasteiger partial charge in [-0.3, -0.25) is 0 Å². The Morgan fingerprint density at radius 3 is 2.42 bits per heavy atom. The zero-order valence-electron chi connectivity index (χ0n) is 6.78. The second-order valence-corrected chi connectivity index (χ2v) is 3.85. The molecule has 1 aliphatic carbocycles. The van der Waals surface area contributed by atoms with Crippen molar-refractivity contribution in [1.29, 1.82) is 0 Å². The SMILES string of the molecule is NC1CC1C(Cl)c1ccccc1. The van der Waals surface area contributed by atoms with Gasteiger partial charge in [-0.25, -0.2) is 0 Å². The highest BCUT2D eigenvalue weighted by Crippen LogP contribution is 2.43. The molecule has 2 rings (SSSR count). The van der Waals surface area contributed by atoms with E-state index in [1.165, 1.54) is 5.56 Å². The predicted octanol–water partition coefficient (Wildman–Crippen LogP) is 2.31. The molecule has 0 radical (unpaired) electrons. The van der Waals surface area contributed by atoms with Crippen molar-refractivity contribution in [3.05, 3.63) is 35.9 Å². The highest BCUT2D eigenvalue weighted by atomic mass is 35.5. The van der Waals surface area contributed by atoms with E-state index in [0.717, 1.165) is 6.42 Å². The Labute approximate surface area is 77.5 Å². The topological polar surface area (TPSA) is 26.0 Å². The van der Waals surface area contributed by atoms with Crippen LogP contribution in [0.3, 0.4) is 0 Å². The summed E-state index contributed by atoms with van der Waals surface area (Å²) in [4.78, 5) is 0. The molecule has 0 aromatic heterocycles. The largest absolute Gasteiger partial charge is 0.327 e. The molecule has 0 aliphatic heterocycles. The first-order valence-corrected chi connectivity index (χ1v) is 4.67. The van der Waals surface area contributed by atoms with Crippen LogP contribution in [0.1, 0.15) is 17.4 Å². The van der Waals surface area contributed by atoms with Gasteiger partial charge in [0.1, 0.15) is 0 Å². The average Bonchev–Trinajstić information content (AvgIpc) is 2.83. The van der Waals surface area contributed by atoms with Crippen LogP contribution in [0.4, 0.5) is 0 Å². The Hall–Kier alpha value is -0.530. The molecule has 64 valence electrons. The van der Waals surface area contributed by atoms with Gasteiger partial charge in [0.15, 0.2) is 0 Å². The monoisotopic (exact) mass is 181 g/mol. The molecule has 2 heteroatoms. The summed E-state index contributed by atoms with van der Waals surface area (Å²) < 4.78 is 0. The van der Waals surface area contributed by atoms with Crippen molar-refractivity contribution in [2.24, 2.45) is 11.7 Å². The number of halogens is 1. The van der Waals surface area contributed by atoms with Crippen LogP contribution < -0.4 is 5.73 Å². The van der Waals surface area contributed by atoms with Crippen LogP contribution in [0.2, 0.25) is 0 Å². The summed E-state index contributed by atoms with van der Waals surface area (Å²) in [6.07, 6.45) is 1.07. The van der Waals surface area contributed by atoms with Gasteiger partial charge in [0.2, 0.25) is 0 Å². The molecule has 0 bridgehead atoms. The quantitative estimate of drug-likeness (QED) is 0.697. The number of nitrogens with two attached hydrogens (primary N) is 1. The van der Waals surface area contributed by atoms with Crippen molar-refractivity contribution in [2.45, 2.75) is 17.8 Å². The molecule has 3 atom stereocenters. The summed E-state index contributed by atoms with van der Waals surface area (Å²) in [6, 6.07) is 10.5. The van der Waals surface area contributed by atoms with E-state index in [4.69, 9.17) is 17.3 Å². The Bertz CT molecular complexity index is 260. The molecule has 1 nitrogen and oxygen atoms in total. The van der Waals surface area contributed by atoms with Gasteiger partial charge in [0.25, 0.3) is 0 Å². The van der Waals surface area contributed by atoms with Gasteiger partial charge in [-0.15, -0.1) is 11.6 Å². The molecule has 3 unspecified atom stereocenters. The Balaban J connectivity index is 2.10. The summed E-state index contributed by atoms with van der Waals surface area (Å²) >= 11 is 6.22. The van der Waals surface area contributed by atoms with E-state index in [9.17, 15) is 0 Å². The Morgan fingerprint density at radius 1 is 1.33 bits per heavy atom. The zero-order chi connectivity index (χ0) is 8.55. The van der Waals surface area contributed by atoms with Gasteiger partial charge < -0.3 is 5.73 Å². The second kappa shape index (κ2) is 3.08. The molecule has 1 aliphatic rings. The molecule has 0 saturated heterocycles. The molecule has 0 amide bonds. The second-order valence-electron chi connectivity index (χ2n) is 3.38. The molecule has 0 spiro atoms. The molecule has 2 N–H and O–H groups in total. The molecular formula is C10H12ClN. The third-order valence-corrected chi connectivity index (χ3v) is 2.96. The van der Waals surface area contributed by atoms with Crippen molar-refractivity contribution in [3.63, 3.8) is 0 Å². The van der Waals surface area contributed by atoms with Crippen LogP contribution in [0, 0.1) is 5.92 Å². The van der Waals surface area contributed by atoms with Gasteiger partial charge in [-0.05, 0) is 17.9 Å². The maximum atomic E-state index is 6.22. The maximum Gasteiger partial charge on any atom is 0.0628 e. The summed E-state index contributed by atoms with van der Waals surface area (Å²) in [6.45, 7) is 0. The van der Waals surface area contributed by atoms with Gasteiger partial charge in [0, 0.05) is 6.04 Å². The van der Waals surface area contributed by atoms with E-state index in [-0.39, 0.29) is 5.38 Å². The van der Waals surface area contributed by atoms with Crippen LogP contribution in [0.25, 0.3) is 0 Å². The van der Waals surface area contributed by atoms with Gasteiger partial charge in [-0.2, -0.15) is 0 Å². The van der Waals surface area contributed by atoms with Crippen LogP contribution >= 0.6 is 11.6 Å². The molecule has 1 fully saturated rings. The predicted molar refractivity (Wildman–Crippen MR) is 51.1 cm³/mol. The fraction of sp³-hybridized carbons (Fsp3) is 0.400. The van der Waals surface area contributed by atoms with E-state index in [1.807, 2.05) is 18.2 Å². The lowest BCUT2D eigenvalue weighted by Crippen LogP contribution is -2.05. The lowest BCUT2D eigenvalue weighted by molar-refractivity contribution is 0.757. The van der Waals surface area contributed by atoms with Crippen molar-refractivity contribution in [3.8, 4) is 0 Å². The van der Waals surface area contributed by atoms with Crippen LogP contribution in [-0.4, -0.2) is 6.04 Å². The molecule has 1 aromatic rings. The highest BCUT2D eigenvalue weighted by molar-refractivity contribution is 6.21. The molecule has 0 heterocycles. The number of alkyl halides is 1. The van der Waals surface area contributed by atoms with E-state index >= 15 is 0 Å². The summed E-state index contributed by atoms with van der Waals surface area (Å²) in [5.41, 5.74) is 6.91. The van der Waals surface area contributed by atoms with Crippen molar-refractivity contribution >= 4 is 11.6 Å². The minimum Gasteiger partial charge on any atom is -0.327 e. The normalized spacial score (nSPS) is 29.8. The van der Waals surface area contributed by atoms with E-state index in [2.05, 4.69) is 12.1 Å². The molecular weight excluding hydrogens is 170 g/mol. The lowest BCUT2D eigenvalue weighted by atomic mass is 10.1. The third kappa shape index (κ3) is 1.47. The number of benzene rings is 1. The minimum absolute atomic E-state index is 0.112. The van der Waals surface area contributed by atoms with Crippen LogP contribution in [-0.2, 0) is 0 Å². The minimum atomic E-state index is 0.112. The van der Waals surface area contributed by atoms with Gasteiger partial charge in [0.05, 0.1) is 5.38 Å². The van der Waals surface area contributed by atoms with Crippen molar-refractivity contribution in [1.82, 2.24) is 0 Å². The summed E-state index contributed by atoms with van der Waals surface area (Å²) in [5, 5.41) is 0.112. The molecule has 1 saturated carbocycles. The van der Waals surface area contributed by atoms with Gasteiger partial charge in [-0.1, -0.05) is 30.3 Å². The van der Waals surface area contributed by atoms with Crippen LogP contribution in [0.15, 0.2) is 30.3 Å². The highest BCUT2D eigenvalue weighted by Gasteiger charge is 2.39. The fourth-order valence-electron chi connectivity index (χ4n) is 1.46. The summed E-state index contributed by atoms with van der Waals surface area (Å²) in [7, 11) is 0. The number of hydrogen-bond acceptors (Lipinski definition) is 1. The number of rotatable bonds is 2. The summed E-state index contributed by atoms with van der Waals surface area (Å²) in [5.74, 6) is 0.495. The molecule has 1 aromatic carbocycles. The number of hydrogen-bond donors (Lipinski definition) is 1. The lowest BCUT2D eigenvalue weighted by Gasteiger charge is -2.07. The Kier molecular flexibility index (Phi) is 2.07. The van der Waals surface area contributed by atoms with E-state index in [1.54, 1.807) is 0 Å². The zero-order valence-corrected chi connectivity index (χ0v) is 7.54. The maximum absolute atomic E-state index is 6.22. The average molecular weight is 182 g/mol. The van der Waals surface area contributed by atoms with E-state index in [0.29, 0.717) is 12.0 Å².